The maximum Gasteiger partial charge on any atom is 0.134 e. The van der Waals surface area contributed by atoms with Gasteiger partial charge in [-0.15, -0.1) is 0 Å². The molecule has 0 fully saturated rings. The number of hydrogen-bond acceptors (Lipinski definition) is 2. The van der Waals surface area contributed by atoms with Crippen LogP contribution in [0.4, 0.5) is 10.2 Å². The minimum absolute atomic E-state index is 0.163. The van der Waals surface area contributed by atoms with Gasteiger partial charge in [0.05, 0.1) is 0 Å². The zero-order valence-electron chi connectivity index (χ0n) is 11.5. The molecule has 0 unspecified atom stereocenters. The Hall–Kier alpha value is -1.55. The number of imidazole rings is 1. The SMILES string of the molecule is Cn1c(C(C)(C)C)nc(-c2ccc(Cl)cc2F)c1N. The number of hydrogen-bond donors (Lipinski definition) is 1. The normalized spacial score (nSPS) is 11.9. The summed E-state index contributed by atoms with van der Waals surface area (Å²) in [6.07, 6.45) is 0. The number of halogens is 2. The van der Waals surface area contributed by atoms with E-state index in [0.29, 0.717) is 22.1 Å². The van der Waals surface area contributed by atoms with Gasteiger partial charge < -0.3 is 10.3 Å². The van der Waals surface area contributed by atoms with Crippen LogP contribution in [0.25, 0.3) is 11.3 Å². The average molecular weight is 282 g/mol. The van der Waals surface area contributed by atoms with Crippen LogP contribution in [-0.2, 0) is 12.5 Å². The molecular formula is C14H17ClFN3. The molecule has 2 N–H and O–H groups in total. The molecule has 0 aliphatic rings. The quantitative estimate of drug-likeness (QED) is 0.865. The molecule has 102 valence electrons. The van der Waals surface area contributed by atoms with E-state index in [1.807, 2.05) is 27.8 Å². The van der Waals surface area contributed by atoms with E-state index in [9.17, 15) is 4.39 Å². The first-order chi connectivity index (χ1) is 8.71. The molecule has 0 spiro atoms. The maximum absolute atomic E-state index is 14.0. The lowest BCUT2D eigenvalue weighted by Gasteiger charge is -2.17. The van der Waals surface area contributed by atoms with E-state index in [-0.39, 0.29) is 5.41 Å². The third-order valence-corrected chi connectivity index (χ3v) is 3.23. The van der Waals surface area contributed by atoms with Crippen molar-refractivity contribution in [3.8, 4) is 11.3 Å². The molecule has 0 saturated heterocycles. The molecule has 5 heteroatoms. The van der Waals surface area contributed by atoms with Gasteiger partial charge in [0, 0.05) is 23.0 Å². The van der Waals surface area contributed by atoms with Gasteiger partial charge in [-0.1, -0.05) is 32.4 Å². The molecule has 1 heterocycles. The molecule has 3 nitrogen and oxygen atoms in total. The highest BCUT2D eigenvalue weighted by atomic mass is 35.5. The number of benzene rings is 1. The van der Waals surface area contributed by atoms with Crippen LogP contribution in [0.2, 0.25) is 5.02 Å². The molecule has 0 aliphatic carbocycles. The first-order valence-electron chi connectivity index (χ1n) is 6.00. The smallest absolute Gasteiger partial charge is 0.134 e. The van der Waals surface area contributed by atoms with E-state index < -0.39 is 5.82 Å². The summed E-state index contributed by atoms with van der Waals surface area (Å²) in [5.41, 5.74) is 6.71. The van der Waals surface area contributed by atoms with Crippen molar-refractivity contribution in [2.75, 3.05) is 5.73 Å². The van der Waals surface area contributed by atoms with Crippen LogP contribution in [-0.4, -0.2) is 9.55 Å². The largest absolute Gasteiger partial charge is 0.383 e. The van der Waals surface area contributed by atoms with E-state index in [2.05, 4.69) is 4.98 Å². The topological polar surface area (TPSA) is 43.8 Å². The zero-order chi connectivity index (χ0) is 14.4. The van der Waals surface area contributed by atoms with Gasteiger partial charge in [-0.25, -0.2) is 9.37 Å². The predicted octanol–water partition coefficient (Wildman–Crippen LogP) is 3.76. The Morgan fingerprint density at radius 3 is 2.42 bits per heavy atom. The lowest BCUT2D eigenvalue weighted by molar-refractivity contribution is 0.524. The van der Waals surface area contributed by atoms with E-state index in [4.69, 9.17) is 17.3 Å². The van der Waals surface area contributed by atoms with Gasteiger partial charge >= 0.3 is 0 Å². The Bertz CT molecular complexity index is 626. The molecule has 0 radical (unpaired) electrons. The maximum atomic E-state index is 14.0. The van der Waals surface area contributed by atoms with Gasteiger partial charge in [0.2, 0.25) is 0 Å². The summed E-state index contributed by atoms with van der Waals surface area (Å²) >= 11 is 5.76. The Labute approximate surface area is 117 Å². The highest BCUT2D eigenvalue weighted by molar-refractivity contribution is 6.30. The molecule has 1 aromatic carbocycles. The Morgan fingerprint density at radius 1 is 1.32 bits per heavy atom. The summed E-state index contributed by atoms with van der Waals surface area (Å²) in [6.45, 7) is 6.12. The summed E-state index contributed by atoms with van der Waals surface area (Å²) in [5.74, 6) is 0.846. The number of nitrogen functional groups attached to an aromatic ring is 1. The van der Waals surface area contributed by atoms with Crippen LogP contribution < -0.4 is 5.73 Å². The molecular weight excluding hydrogens is 265 g/mol. The number of aromatic nitrogens is 2. The molecule has 1 aromatic heterocycles. The fraction of sp³-hybridized carbons (Fsp3) is 0.357. The van der Waals surface area contributed by atoms with Gasteiger partial charge in [-0.05, 0) is 18.2 Å². The summed E-state index contributed by atoms with van der Waals surface area (Å²) in [6, 6.07) is 4.50. The zero-order valence-corrected chi connectivity index (χ0v) is 12.2. The van der Waals surface area contributed by atoms with Gasteiger partial charge in [0.1, 0.15) is 23.2 Å². The van der Waals surface area contributed by atoms with Crippen LogP contribution in [0, 0.1) is 5.82 Å². The summed E-state index contributed by atoms with van der Waals surface area (Å²) in [7, 11) is 1.83. The molecule has 2 aromatic rings. The highest BCUT2D eigenvalue weighted by Gasteiger charge is 2.24. The van der Waals surface area contributed by atoms with Crippen LogP contribution in [0.3, 0.4) is 0 Å². The van der Waals surface area contributed by atoms with Crippen molar-refractivity contribution in [3.63, 3.8) is 0 Å². The third-order valence-electron chi connectivity index (χ3n) is 3.00. The minimum Gasteiger partial charge on any atom is -0.383 e. The van der Waals surface area contributed by atoms with Crippen molar-refractivity contribution >= 4 is 17.4 Å². The van der Waals surface area contributed by atoms with Crippen LogP contribution in [0.1, 0.15) is 26.6 Å². The Morgan fingerprint density at radius 2 is 1.95 bits per heavy atom. The van der Waals surface area contributed by atoms with Gasteiger partial charge in [-0.2, -0.15) is 0 Å². The van der Waals surface area contributed by atoms with Crippen LogP contribution in [0.15, 0.2) is 18.2 Å². The number of rotatable bonds is 1. The monoisotopic (exact) mass is 281 g/mol. The minimum atomic E-state index is -0.419. The van der Waals surface area contributed by atoms with Crippen LogP contribution >= 0.6 is 11.6 Å². The lowest BCUT2D eigenvalue weighted by Crippen LogP contribution is -2.17. The Kier molecular flexibility index (Phi) is 3.31. The number of anilines is 1. The summed E-state index contributed by atoms with van der Waals surface area (Å²) in [5, 5.41) is 0.354. The van der Waals surface area contributed by atoms with Crippen molar-refractivity contribution in [1.29, 1.82) is 0 Å². The summed E-state index contributed by atoms with van der Waals surface area (Å²) in [4.78, 5) is 4.50. The van der Waals surface area contributed by atoms with Gasteiger partial charge in [-0.3, -0.25) is 0 Å². The second kappa shape index (κ2) is 4.53. The van der Waals surface area contributed by atoms with Crippen molar-refractivity contribution in [1.82, 2.24) is 9.55 Å². The fourth-order valence-electron chi connectivity index (χ4n) is 2.06. The second-order valence-corrected chi connectivity index (χ2v) is 6.04. The van der Waals surface area contributed by atoms with Gasteiger partial charge in [0.15, 0.2) is 0 Å². The predicted molar refractivity (Wildman–Crippen MR) is 76.7 cm³/mol. The molecule has 2 rings (SSSR count). The van der Waals surface area contributed by atoms with Crippen molar-refractivity contribution in [2.24, 2.45) is 7.05 Å². The van der Waals surface area contributed by atoms with Gasteiger partial charge in [0.25, 0.3) is 0 Å². The highest BCUT2D eigenvalue weighted by Crippen LogP contribution is 2.33. The first kappa shape index (κ1) is 13.9. The number of nitrogens with two attached hydrogens (primary N) is 1. The van der Waals surface area contributed by atoms with Crippen LogP contribution in [0.5, 0.6) is 0 Å². The molecule has 0 saturated carbocycles. The van der Waals surface area contributed by atoms with Crippen molar-refractivity contribution in [2.45, 2.75) is 26.2 Å². The molecule has 0 atom stereocenters. The Balaban J connectivity index is 2.64. The van der Waals surface area contributed by atoms with E-state index in [1.165, 1.54) is 6.07 Å². The lowest BCUT2D eigenvalue weighted by atomic mass is 9.96. The molecule has 0 amide bonds. The molecule has 0 aliphatic heterocycles. The average Bonchev–Trinajstić information content (AvgIpc) is 2.56. The third kappa shape index (κ3) is 2.45. The first-order valence-corrected chi connectivity index (χ1v) is 6.37. The van der Waals surface area contributed by atoms with E-state index >= 15 is 0 Å². The number of nitrogens with zero attached hydrogens (tertiary/aromatic N) is 2. The second-order valence-electron chi connectivity index (χ2n) is 5.60. The molecule has 0 bridgehead atoms. The van der Waals surface area contributed by atoms with E-state index in [0.717, 1.165) is 5.82 Å². The summed E-state index contributed by atoms with van der Waals surface area (Å²) < 4.78 is 15.8. The van der Waals surface area contributed by atoms with Crippen molar-refractivity contribution in [3.05, 3.63) is 34.9 Å². The molecule has 19 heavy (non-hydrogen) atoms. The van der Waals surface area contributed by atoms with Crippen molar-refractivity contribution < 1.29 is 4.39 Å². The van der Waals surface area contributed by atoms with E-state index in [1.54, 1.807) is 16.7 Å². The fourth-order valence-corrected chi connectivity index (χ4v) is 2.22. The standard InChI is InChI=1S/C14H17ClFN3/c1-14(2,3)13-18-11(12(17)19(13)4)9-6-5-8(15)7-10(9)16/h5-7H,17H2,1-4H3.